The molecule has 0 aliphatic rings. The molecule has 0 aliphatic carbocycles. The van der Waals surface area contributed by atoms with E-state index in [4.69, 9.17) is 5.11 Å². The molecule has 0 radical (unpaired) electrons. The van der Waals surface area contributed by atoms with E-state index in [1.54, 1.807) is 0 Å². The first-order valence-electron chi connectivity index (χ1n) is 3.48. The zero-order chi connectivity index (χ0) is 6.95. The summed E-state index contributed by atoms with van der Waals surface area (Å²) in [5, 5.41) is 8.36. The Hall–Kier alpha value is -0.480. The van der Waals surface area contributed by atoms with E-state index in [1.165, 1.54) is 0 Å². The smallest absolute Gasteiger partial charge is 0.0440 e. The van der Waals surface area contributed by atoms with Gasteiger partial charge in [0, 0.05) is 19.4 Å². The Bertz CT molecular complexity index is 96.9. The lowest BCUT2D eigenvalue weighted by Gasteiger charge is -1.83. The number of hydrogen-bond acceptors (Lipinski definition) is 1. The Kier molecular flexibility index (Phi) is 7.12. The van der Waals surface area contributed by atoms with Gasteiger partial charge in [-0.1, -0.05) is 6.92 Å². The predicted octanol–water partition coefficient (Wildman–Crippen LogP) is 1.56. The summed E-state index contributed by atoms with van der Waals surface area (Å²) in [5.41, 5.74) is 0. The van der Waals surface area contributed by atoms with E-state index in [-0.39, 0.29) is 6.61 Å². The van der Waals surface area contributed by atoms with Crippen LogP contribution >= 0.6 is 0 Å². The lowest BCUT2D eigenvalue weighted by Crippen LogP contribution is -1.78. The van der Waals surface area contributed by atoms with E-state index in [0.29, 0.717) is 0 Å². The molecule has 0 aromatic carbocycles. The van der Waals surface area contributed by atoms with Crippen molar-refractivity contribution in [2.45, 2.75) is 32.6 Å². The number of hydrogen-bond donors (Lipinski definition) is 1. The Morgan fingerprint density at radius 1 is 1.22 bits per heavy atom. The van der Waals surface area contributed by atoms with Crippen LogP contribution in [0.2, 0.25) is 0 Å². The fourth-order valence-corrected chi connectivity index (χ4v) is 0.469. The van der Waals surface area contributed by atoms with Crippen LogP contribution in [-0.4, -0.2) is 11.7 Å². The van der Waals surface area contributed by atoms with E-state index in [2.05, 4.69) is 18.8 Å². The zero-order valence-corrected chi connectivity index (χ0v) is 5.98. The molecule has 1 nitrogen and oxygen atoms in total. The van der Waals surface area contributed by atoms with Gasteiger partial charge in [-0.2, -0.15) is 0 Å². The van der Waals surface area contributed by atoms with E-state index in [9.17, 15) is 0 Å². The third-order valence-corrected chi connectivity index (χ3v) is 0.960. The van der Waals surface area contributed by atoms with E-state index in [1.807, 2.05) is 0 Å². The molecule has 0 aromatic heterocycles. The van der Waals surface area contributed by atoms with Crippen LogP contribution < -0.4 is 0 Å². The molecule has 0 rings (SSSR count). The largest absolute Gasteiger partial charge is 0.396 e. The van der Waals surface area contributed by atoms with Crippen LogP contribution in [0, 0.1) is 11.8 Å². The van der Waals surface area contributed by atoms with Crippen molar-refractivity contribution >= 4 is 0 Å². The average Bonchev–Trinajstić information content (AvgIpc) is 1.89. The average molecular weight is 126 g/mol. The monoisotopic (exact) mass is 126 g/mol. The maximum Gasteiger partial charge on any atom is 0.0440 e. The number of rotatable bonds is 3. The van der Waals surface area contributed by atoms with Gasteiger partial charge < -0.3 is 5.11 Å². The molecule has 1 heteroatoms. The molecule has 0 saturated carbocycles. The Labute approximate surface area is 57.1 Å². The molecule has 0 bridgehead atoms. The highest BCUT2D eigenvalue weighted by Gasteiger charge is 1.75. The van der Waals surface area contributed by atoms with Crippen molar-refractivity contribution in [1.82, 2.24) is 0 Å². The van der Waals surface area contributed by atoms with Gasteiger partial charge in [0.1, 0.15) is 0 Å². The van der Waals surface area contributed by atoms with Crippen LogP contribution in [0.15, 0.2) is 0 Å². The standard InChI is InChI=1S/C8H14O/c1-2-3-4-5-6-7-8-9/h9H,2-3,6-8H2,1H3. The lowest BCUT2D eigenvalue weighted by molar-refractivity contribution is 0.290. The summed E-state index contributed by atoms with van der Waals surface area (Å²) < 4.78 is 0. The van der Waals surface area contributed by atoms with Gasteiger partial charge in [0.25, 0.3) is 0 Å². The lowest BCUT2D eigenvalue weighted by atomic mass is 10.3. The van der Waals surface area contributed by atoms with Gasteiger partial charge in [0.2, 0.25) is 0 Å². The highest BCUT2D eigenvalue weighted by atomic mass is 16.2. The summed E-state index contributed by atoms with van der Waals surface area (Å²) in [6, 6.07) is 0. The fraction of sp³-hybridized carbons (Fsp3) is 0.750. The fourth-order valence-electron chi connectivity index (χ4n) is 0.469. The van der Waals surface area contributed by atoms with Crippen molar-refractivity contribution in [1.29, 1.82) is 0 Å². The van der Waals surface area contributed by atoms with Crippen molar-refractivity contribution in [3.8, 4) is 11.8 Å². The van der Waals surface area contributed by atoms with Crippen molar-refractivity contribution in [3.63, 3.8) is 0 Å². The van der Waals surface area contributed by atoms with Crippen molar-refractivity contribution in [2.75, 3.05) is 6.61 Å². The number of unbranched alkanes of at least 4 members (excludes halogenated alkanes) is 2. The van der Waals surface area contributed by atoms with Crippen LogP contribution in [0.25, 0.3) is 0 Å². The molecule has 0 amide bonds. The Balaban J connectivity index is 2.96. The van der Waals surface area contributed by atoms with Crippen LogP contribution in [0.5, 0.6) is 0 Å². The minimum Gasteiger partial charge on any atom is -0.396 e. The summed E-state index contributed by atoms with van der Waals surface area (Å²) in [6.45, 7) is 2.38. The quantitative estimate of drug-likeness (QED) is 0.449. The predicted molar refractivity (Wildman–Crippen MR) is 39.0 cm³/mol. The minimum absolute atomic E-state index is 0.265. The van der Waals surface area contributed by atoms with Crippen molar-refractivity contribution in [3.05, 3.63) is 0 Å². The molecular formula is C8H14O. The van der Waals surface area contributed by atoms with E-state index in [0.717, 1.165) is 25.7 Å². The second-order valence-corrected chi connectivity index (χ2v) is 1.93. The first kappa shape index (κ1) is 8.52. The third-order valence-electron chi connectivity index (χ3n) is 0.960. The van der Waals surface area contributed by atoms with Gasteiger partial charge in [0.05, 0.1) is 0 Å². The SMILES string of the molecule is CCCC#CCCCO. The van der Waals surface area contributed by atoms with Gasteiger partial charge in [-0.25, -0.2) is 0 Å². The maximum atomic E-state index is 8.36. The number of aliphatic hydroxyl groups is 1. The second-order valence-electron chi connectivity index (χ2n) is 1.93. The van der Waals surface area contributed by atoms with Gasteiger partial charge >= 0.3 is 0 Å². The Morgan fingerprint density at radius 3 is 2.44 bits per heavy atom. The van der Waals surface area contributed by atoms with Gasteiger partial charge in [0.15, 0.2) is 0 Å². The molecule has 52 valence electrons. The Morgan fingerprint density at radius 2 is 1.89 bits per heavy atom. The van der Waals surface area contributed by atoms with Gasteiger partial charge in [-0.3, -0.25) is 0 Å². The molecule has 0 fully saturated rings. The minimum atomic E-state index is 0.265. The first-order valence-corrected chi connectivity index (χ1v) is 3.48. The molecule has 0 aromatic rings. The molecular weight excluding hydrogens is 112 g/mol. The molecule has 0 aliphatic heterocycles. The van der Waals surface area contributed by atoms with Crippen molar-refractivity contribution in [2.24, 2.45) is 0 Å². The normalized spacial score (nSPS) is 8.22. The third kappa shape index (κ3) is 7.52. The molecule has 0 spiro atoms. The van der Waals surface area contributed by atoms with Crippen molar-refractivity contribution < 1.29 is 5.11 Å². The summed E-state index contributed by atoms with van der Waals surface area (Å²) >= 11 is 0. The summed E-state index contributed by atoms with van der Waals surface area (Å²) in [4.78, 5) is 0. The number of aliphatic hydroxyl groups excluding tert-OH is 1. The maximum absolute atomic E-state index is 8.36. The van der Waals surface area contributed by atoms with E-state index >= 15 is 0 Å². The zero-order valence-electron chi connectivity index (χ0n) is 5.98. The second kappa shape index (κ2) is 7.52. The first-order chi connectivity index (χ1) is 4.41. The molecule has 0 atom stereocenters. The molecule has 0 saturated heterocycles. The molecule has 0 unspecified atom stereocenters. The molecule has 0 heterocycles. The topological polar surface area (TPSA) is 20.2 Å². The van der Waals surface area contributed by atoms with Gasteiger partial charge in [-0.15, -0.1) is 11.8 Å². The van der Waals surface area contributed by atoms with Crippen LogP contribution in [0.4, 0.5) is 0 Å². The summed E-state index contributed by atoms with van der Waals surface area (Å²) in [7, 11) is 0. The summed E-state index contributed by atoms with van der Waals surface area (Å²) in [5.74, 6) is 5.99. The highest BCUT2D eigenvalue weighted by molar-refractivity contribution is 4.97. The van der Waals surface area contributed by atoms with Crippen LogP contribution in [0.1, 0.15) is 32.6 Å². The molecule has 9 heavy (non-hydrogen) atoms. The van der Waals surface area contributed by atoms with Crippen LogP contribution in [0.3, 0.4) is 0 Å². The summed E-state index contributed by atoms with van der Waals surface area (Å²) in [6.07, 6.45) is 3.78. The van der Waals surface area contributed by atoms with Crippen LogP contribution in [-0.2, 0) is 0 Å². The highest BCUT2D eigenvalue weighted by Crippen LogP contribution is 1.85. The van der Waals surface area contributed by atoms with E-state index < -0.39 is 0 Å². The van der Waals surface area contributed by atoms with Gasteiger partial charge in [-0.05, 0) is 12.8 Å². The molecule has 1 N–H and O–H groups in total.